The Balaban J connectivity index is 2.45. The number of rotatable bonds is 3. The summed E-state index contributed by atoms with van der Waals surface area (Å²) in [5, 5.41) is 8.69. The van der Waals surface area contributed by atoms with Crippen LogP contribution in [0.15, 0.2) is 36.4 Å². The van der Waals surface area contributed by atoms with Gasteiger partial charge in [-0.2, -0.15) is 18.4 Å². The molecular weight excluding hydrogens is 281 g/mol. The highest BCUT2D eigenvalue weighted by molar-refractivity contribution is 5.66. The van der Waals surface area contributed by atoms with E-state index in [4.69, 9.17) is 10.00 Å². The van der Waals surface area contributed by atoms with Crippen molar-refractivity contribution in [3.8, 4) is 23.1 Å². The van der Waals surface area contributed by atoms with Gasteiger partial charge in [-0.05, 0) is 24.3 Å². The molecule has 0 aliphatic heterocycles. The van der Waals surface area contributed by atoms with Gasteiger partial charge in [0.25, 0.3) is 0 Å². The number of halogens is 3. The van der Waals surface area contributed by atoms with Gasteiger partial charge in [-0.1, -0.05) is 12.1 Å². The Labute approximate surface area is 119 Å². The first kappa shape index (κ1) is 14.9. The van der Waals surface area contributed by atoms with Gasteiger partial charge in [0.2, 0.25) is 0 Å². The lowest BCUT2D eigenvalue weighted by Crippen LogP contribution is -2.04. The Morgan fingerprint density at radius 1 is 1.14 bits per heavy atom. The lowest BCUT2D eigenvalue weighted by atomic mass is 10.1. The van der Waals surface area contributed by atoms with Crippen molar-refractivity contribution >= 4 is 0 Å². The van der Waals surface area contributed by atoms with E-state index in [9.17, 15) is 13.2 Å². The van der Waals surface area contributed by atoms with E-state index in [1.54, 1.807) is 12.1 Å². The predicted octanol–water partition coefficient (Wildman–Crippen LogP) is 3.84. The fourth-order valence-corrected chi connectivity index (χ4v) is 1.85. The minimum absolute atomic E-state index is 0.123. The highest BCUT2D eigenvalue weighted by atomic mass is 19.4. The van der Waals surface area contributed by atoms with E-state index in [0.717, 1.165) is 12.1 Å². The average Bonchev–Trinajstić information content (AvgIpc) is 2.47. The Bertz CT molecular complexity index is 673. The molecule has 2 rings (SSSR count). The molecule has 0 bridgehead atoms. The van der Waals surface area contributed by atoms with Gasteiger partial charge in [0.15, 0.2) is 0 Å². The lowest BCUT2D eigenvalue weighted by Gasteiger charge is -2.11. The Hall–Kier alpha value is -2.55. The fraction of sp³-hybridized carbons (Fsp3) is 0.200. The van der Waals surface area contributed by atoms with Gasteiger partial charge in [0.05, 0.1) is 30.9 Å². The van der Waals surface area contributed by atoms with Gasteiger partial charge >= 0.3 is 6.18 Å². The minimum atomic E-state index is -4.38. The second kappa shape index (κ2) is 5.83. The summed E-state index contributed by atoms with van der Waals surface area (Å²) in [7, 11) is 1.45. The van der Waals surface area contributed by atoms with E-state index in [0.29, 0.717) is 22.7 Å². The van der Waals surface area contributed by atoms with Crippen molar-refractivity contribution in [1.29, 1.82) is 5.26 Å². The van der Waals surface area contributed by atoms with Crippen molar-refractivity contribution in [2.75, 3.05) is 7.11 Å². The van der Waals surface area contributed by atoms with Crippen LogP contribution in [0.1, 0.15) is 11.3 Å². The molecule has 2 aromatic rings. The zero-order valence-corrected chi connectivity index (χ0v) is 11.1. The van der Waals surface area contributed by atoms with Gasteiger partial charge in [0, 0.05) is 5.56 Å². The Morgan fingerprint density at radius 2 is 1.81 bits per heavy atom. The highest BCUT2D eigenvalue weighted by Crippen LogP contribution is 2.33. The van der Waals surface area contributed by atoms with Crippen molar-refractivity contribution in [3.63, 3.8) is 0 Å². The second-order valence-corrected chi connectivity index (χ2v) is 4.26. The summed E-state index contributed by atoms with van der Waals surface area (Å²) < 4.78 is 42.8. The summed E-state index contributed by atoms with van der Waals surface area (Å²) in [5.74, 6) is 0.441. The Kier molecular flexibility index (Phi) is 4.13. The minimum Gasteiger partial charge on any atom is -0.494 e. The lowest BCUT2D eigenvalue weighted by molar-refractivity contribution is -0.137. The van der Waals surface area contributed by atoms with Crippen LogP contribution < -0.4 is 4.74 Å². The van der Waals surface area contributed by atoms with E-state index < -0.39 is 11.7 Å². The summed E-state index contributed by atoms with van der Waals surface area (Å²) in [4.78, 5) is 4.27. The quantitative estimate of drug-likeness (QED) is 0.863. The number of alkyl halides is 3. The van der Waals surface area contributed by atoms with Gasteiger partial charge in [-0.15, -0.1) is 0 Å². The number of aromatic nitrogens is 1. The van der Waals surface area contributed by atoms with Gasteiger partial charge in [-0.3, -0.25) is 0 Å². The van der Waals surface area contributed by atoms with E-state index in [-0.39, 0.29) is 6.42 Å². The number of pyridine rings is 1. The first-order valence-electron chi connectivity index (χ1n) is 6.04. The molecule has 0 radical (unpaired) electrons. The summed E-state index contributed by atoms with van der Waals surface area (Å²) in [6, 6.07) is 9.93. The highest BCUT2D eigenvalue weighted by Gasteiger charge is 2.30. The molecular formula is C15H11F3N2O. The summed E-state index contributed by atoms with van der Waals surface area (Å²) in [6.45, 7) is 0. The van der Waals surface area contributed by atoms with Crippen molar-refractivity contribution in [2.45, 2.75) is 12.6 Å². The smallest absolute Gasteiger partial charge is 0.416 e. The van der Waals surface area contributed by atoms with Crippen LogP contribution in [-0.4, -0.2) is 12.1 Å². The van der Waals surface area contributed by atoms with Gasteiger partial charge in [0.1, 0.15) is 11.4 Å². The van der Waals surface area contributed by atoms with Gasteiger partial charge in [-0.25, -0.2) is 4.98 Å². The van der Waals surface area contributed by atoms with E-state index in [1.807, 2.05) is 6.07 Å². The third kappa shape index (κ3) is 3.31. The standard InChI is InChI=1S/C15H11F3N2O/c1-21-13-7-6-12(8-9-19)20-14(13)10-2-4-11(5-3-10)15(16,17)18/h2-7H,8H2,1H3. The molecule has 1 aromatic carbocycles. The topological polar surface area (TPSA) is 45.9 Å². The molecule has 108 valence electrons. The third-order valence-corrected chi connectivity index (χ3v) is 2.88. The first-order chi connectivity index (χ1) is 9.95. The van der Waals surface area contributed by atoms with Crippen LogP contribution in [0.25, 0.3) is 11.3 Å². The maximum absolute atomic E-state index is 12.6. The summed E-state index contributed by atoms with van der Waals surface area (Å²) in [6.07, 6.45) is -4.25. The fourth-order valence-electron chi connectivity index (χ4n) is 1.85. The van der Waals surface area contributed by atoms with Crippen LogP contribution in [0.2, 0.25) is 0 Å². The molecule has 0 unspecified atom stereocenters. The van der Waals surface area contributed by atoms with Crippen molar-refractivity contribution in [3.05, 3.63) is 47.7 Å². The van der Waals surface area contributed by atoms with Crippen LogP contribution in [-0.2, 0) is 12.6 Å². The maximum Gasteiger partial charge on any atom is 0.416 e. The second-order valence-electron chi connectivity index (χ2n) is 4.26. The van der Waals surface area contributed by atoms with Crippen molar-refractivity contribution in [1.82, 2.24) is 4.98 Å². The number of hydrogen-bond acceptors (Lipinski definition) is 3. The molecule has 6 heteroatoms. The molecule has 3 nitrogen and oxygen atoms in total. The number of ether oxygens (including phenoxy) is 1. The molecule has 0 aliphatic carbocycles. The molecule has 0 atom stereocenters. The molecule has 1 heterocycles. The maximum atomic E-state index is 12.6. The van der Waals surface area contributed by atoms with Crippen LogP contribution in [0.4, 0.5) is 13.2 Å². The predicted molar refractivity (Wildman–Crippen MR) is 70.5 cm³/mol. The zero-order valence-electron chi connectivity index (χ0n) is 11.1. The molecule has 0 N–H and O–H groups in total. The van der Waals surface area contributed by atoms with E-state index in [1.165, 1.54) is 19.2 Å². The number of benzene rings is 1. The van der Waals surface area contributed by atoms with E-state index >= 15 is 0 Å². The number of nitrogens with zero attached hydrogens (tertiary/aromatic N) is 2. The molecule has 0 spiro atoms. The Morgan fingerprint density at radius 3 is 2.33 bits per heavy atom. The van der Waals surface area contributed by atoms with Crippen molar-refractivity contribution in [2.24, 2.45) is 0 Å². The molecule has 0 amide bonds. The van der Waals surface area contributed by atoms with Gasteiger partial charge < -0.3 is 4.74 Å². The molecule has 1 aromatic heterocycles. The molecule has 21 heavy (non-hydrogen) atoms. The normalized spacial score (nSPS) is 11.0. The van der Waals surface area contributed by atoms with E-state index in [2.05, 4.69) is 4.98 Å². The van der Waals surface area contributed by atoms with Crippen LogP contribution in [0.5, 0.6) is 5.75 Å². The molecule has 0 saturated heterocycles. The third-order valence-electron chi connectivity index (χ3n) is 2.88. The molecule has 0 aliphatic rings. The van der Waals surface area contributed by atoms with Crippen molar-refractivity contribution < 1.29 is 17.9 Å². The van der Waals surface area contributed by atoms with Crippen LogP contribution in [0, 0.1) is 11.3 Å². The number of methoxy groups -OCH3 is 1. The first-order valence-corrected chi connectivity index (χ1v) is 6.04. The monoisotopic (exact) mass is 292 g/mol. The van der Waals surface area contributed by atoms with Crippen LogP contribution >= 0.6 is 0 Å². The molecule has 0 saturated carbocycles. The molecule has 0 fully saturated rings. The number of nitriles is 1. The summed E-state index contributed by atoms with van der Waals surface area (Å²) in [5.41, 5.74) is 0.727. The SMILES string of the molecule is COc1ccc(CC#N)nc1-c1ccc(C(F)(F)F)cc1. The van der Waals surface area contributed by atoms with Crippen LogP contribution in [0.3, 0.4) is 0 Å². The zero-order chi connectivity index (χ0) is 15.5. The average molecular weight is 292 g/mol. The largest absolute Gasteiger partial charge is 0.494 e. The number of hydrogen-bond donors (Lipinski definition) is 0. The summed E-state index contributed by atoms with van der Waals surface area (Å²) >= 11 is 0.